The van der Waals surface area contributed by atoms with Crippen LogP contribution in [0.4, 0.5) is 0 Å². The molecular formula is C25H28N2O3S. The van der Waals surface area contributed by atoms with E-state index in [0.29, 0.717) is 25.4 Å². The van der Waals surface area contributed by atoms with E-state index in [4.69, 9.17) is 0 Å². The highest BCUT2D eigenvalue weighted by molar-refractivity contribution is 7.89. The molecule has 6 heteroatoms. The second kappa shape index (κ2) is 9.20. The predicted molar refractivity (Wildman–Crippen MR) is 123 cm³/mol. The number of amides is 1. The van der Waals surface area contributed by atoms with Crippen molar-refractivity contribution in [1.82, 2.24) is 9.62 Å². The van der Waals surface area contributed by atoms with E-state index in [9.17, 15) is 13.2 Å². The SMILES string of the molecule is CC1CCCN(C(=O)C(Cc2ccccc2)NS(=O)(=O)c2ccc3ccccc3c2)C1. The summed E-state index contributed by atoms with van der Waals surface area (Å²) in [4.78, 5) is 15.3. The monoisotopic (exact) mass is 436 g/mol. The van der Waals surface area contributed by atoms with E-state index in [-0.39, 0.29) is 10.8 Å². The molecule has 3 aromatic rings. The molecule has 3 aromatic carbocycles. The molecule has 0 spiro atoms. The molecule has 5 nitrogen and oxygen atoms in total. The lowest BCUT2D eigenvalue weighted by Gasteiger charge is -2.33. The molecule has 0 radical (unpaired) electrons. The summed E-state index contributed by atoms with van der Waals surface area (Å²) in [6, 6.07) is 21.4. The smallest absolute Gasteiger partial charge is 0.241 e. The Morgan fingerprint density at radius 3 is 2.48 bits per heavy atom. The van der Waals surface area contributed by atoms with Crippen LogP contribution in [0.2, 0.25) is 0 Å². The van der Waals surface area contributed by atoms with Crippen LogP contribution < -0.4 is 4.72 Å². The topological polar surface area (TPSA) is 66.5 Å². The number of carbonyl (C=O) groups excluding carboxylic acids is 1. The molecule has 2 unspecified atom stereocenters. The number of likely N-dealkylation sites (tertiary alicyclic amines) is 1. The van der Waals surface area contributed by atoms with Gasteiger partial charge in [-0.25, -0.2) is 8.42 Å². The summed E-state index contributed by atoms with van der Waals surface area (Å²) < 4.78 is 29.2. The average molecular weight is 437 g/mol. The number of fused-ring (bicyclic) bond motifs is 1. The summed E-state index contributed by atoms with van der Waals surface area (Å²) in [5.41, 5.74) is 0.923. The molecule has 1 aliphatic heterocycles. The van der Waals surface area contributed by atoms with Crippen molar-refractivity contribution in [2.75, 3.05) is 13.1 Å². The zero-order chi connectivity index (χ0) is 21.8. The molecule has 31 heavy (non-hydrogen) atoms. The van der Waals surface area contributed by atoms with Crippen molar-refractivity contribution in [3.05, 3.63) is 78.4 Å². The molecule has 162 valence electrons. The molecule has 0 bridgehead atoms. The van der Waals surface area contributed by atoms with Crippen LogP contribution in [0, 0.1) is 5.92 Å². The molecule has 4 rings (SSSR count). The Bertz CT molecular complexity index is 1160. The van der Waals surface area contributed by atoms with E-state index in [1.165, 1.54) is 0 Å². The fraction of sp³-hybridized carbons (Fsp3) is 0.320. The first kappa shape index (κ1) is 21.5. The van der Waals surface area contributed by atoms with Gasteiger partial charge in [-0.2, -0.15) is 4.72 Å². The lowest BCUT2D eigenvalue weighted by Crippen LogP contribution is -2.52. The van der Waals surface area contributed by atoms with Gasteiger partial charge in [0.1, 0.15) is 6.04 Å². The van der Waals surface area contributed by atoms with Gasteiger partial charge in [-0.1, -0.05) is 67.6 Å². The van der Waals surface area contributed by atoms with Gasteiger partial charge in [0.2, 0.25) is 15.9 Å². The quantitative estimate of drug-likeness (QED) is 0.635. The second-order valence-corrected chi connectivity index (χ2v) is 10.1. The number of carbonyl (C=O) groups is 1. The molecule has 0 aliphatic carbocycles. The maximum Gasteiger partial charge on any atom is 0.241 e. The summed E-state index contributed by atoms with van der Waals surface area (Å²) >= 11 is 0. The summed E-state index contributed by atoms with van der Waals surface area (Å²) in [5.74, 6) is 0.270. The van der Waals surface area contributed by atoms with Gasteiger partial charge in [0.15, 0.2) is 0 Å². The number of sulfonamides is 1. The van der Waals surface area contributed by atoms with Crippen molar-refractivity contribution in [2.45, 2.75) is 37.1 Å². The Morgan fingerprint density at radius 1 is 1.03 bits per heavy atom. The molecule has 1 N–H and O–H groups in total. The van der Waals surface area contributed by atoms with Gasteiger partial charge >= 0.3 is 0 Å². The number of benzene rings is 3. The lowest BCUT2D eigenvalue weighted by atomic mass is 9.98. The summed E-state index contributed by atoms with van der Waals surface area (Å²) in [5, 5.41) is 1.82. The molecule has 1 aliphatic rings. The van der Waals surface area contributed by atoms with Crippen LogP contribution >= 0.6 is 0 Å². The number of hydrogen-bond donors (Lipinski definition) is 1. The first-order valence-electron chi connectivity index (χ1n) is 10.8. The van der Waals surface area contributed by atoms with Gasteiger partial charge in [0.05, 0.1) is 4.90 Å². The largest absolute Gasteiger partial charge is 0.341 e. The van der Waals surface area contributed by atoms with Crippen LogP contribution in [0.15, 0.2) is 77.7 Å². The predicted octanol–water partition coefficient (Wildman–Crippen LogP) is 3.99. The Kier molecular flexibility index (Phi) is 6.39. The van der Waals surface area contributed by atoms with Crippen LogP contribution in [0.25, 0.3) is 10.8 Å². The first-order valence-corrected chi connectivity index (χ1v) is 12.2. The van der Waals surface area contributed by atoms with Gasteiger partial charge in [-0.15, -0.1) is 0 Å². The molecule has 0 saturated carbocycles. The van der Waals surface area contributed by atoms with E-state index >= 15 is 0 Å². The van der Waals surface area contributed by atoms with Crippen molar-refractivity contribution < 1.29 is 13.2 Å². The minimum absolute atomic E-state index is 0.153. The molecule has 1 heterocycles. The zero-order valence-electron chi connectivity index (χ0n) is 17.7. The minimum atomic E-state index is -3.87. The first-order chi connectivity index (χ1) is 14.9. The van der Waals surface area contributed by atoms with Gasteiger partial charge in [-0.3, -0.25) is 4.79 Å². The van der Waals surface area contributed by atoms with Crippen LogP contribution in [0.3, 0.4) is 0 Å². The third kappa shape index (κ3) is 5.14. The fourth-order valence-electron chi connectivity index (χ4n) is 4.23. The summed E-state index contributed by atoms with van der Waals surface area (Å²) in [6.07, 6.45) is 2.36. The third-order valence-corrected chi connectivity index (χ3v) is 7.35. The number of nitrogens with zero attached hydrogens (tertiary/aromatic N) is 1. The summed E-state index contributed by atoms with van der Waals surface area (Å²) in [6.45, 7) is 3.47. The second-order valence-electron chi connectivity index (χ2n) is 8.40. The number of nitrogens with one attached hydrogen (secondary N) is 1. The van der Waals surface area contributed by atoms with Crippen LogP contribution in [0.5, 0.6) is 0 Å². The molecular weight excluding hydrogens is 408 g/mol. The van der Waals surface area contributed by atoms with E-state index in [1.54, 1.807) is 18.2 Å². The van der Waals surface area contributed by atoms with Crippen molar-refractivity contribution >= 4 is 26.7 Å². The van der Waals surface area contributed by atoms with Crippen molar-refractivity contribution in [3.8, 4) is 0 Å². The normalized spacial score (nSPS) is 18.1. The Hall–Kier alpha value is -2.70. The Balaban J connectivity index is 1.62. The number of piperidine rings is 1. The standard InChI is InChI=1S/C25H28N2O3S/c1-19-8-7-15-27(18-19)25(28)24(16-20-9-3-2-4-10-20)26-31(29,30)23-14-13-21-11-5-6-12-22(21)17-23/h2-6,9-14,17,19,24,26H,7-8,15-16,18H2,1H3. The van der Waals surface area contributed by atoms with Gasteiger partial charge in [-0.05, 0) is 53.6 Å². The van der Waals surface area contributed by atoms with E-state index in [2.05, 4.69) is 11.6 Å². The highest BCUT2D eigenvalue weighted by Gasteiger charge is 2.31. The van der Waals surface area contributed by atoms with Crippen molar-refractivity contribution in [3.63, 3.8) is 0 Å². The van der Waals surface area contributed by atoms with Gasteiger partial charge in [0.25, 0.3) is 0 Å². The van der Waals surface area contributed by atoms with Crippen LogP contribution in [-0.4, -0.2) is 38.4 Å². The van der Waals surface area contributed by atoms with Gasteiger partial charge in [0, 0.05) is 13.1 Å². The molecule has 2 atom stereocenters. The highest BCUT2D eigenvalue weighted by atomic mass is 32.2. The average Bonchev–Trinajstić information content (AvgIpc) is 2.78. The highest BCUT2D eigenvalue weighted by Crippen LogP contribution is 2.21. The third-order valence-electron chi connectivity index (χ3n) is 5.88. The Morgan fingerprint density at radius 2 is 1.74 bits per heavy atom. The van der Waals surface area contributed by atoms with Gasteiger partial charge < -0.3 is 4.90 Å². The van der Waals surface area contributed by atoms with E-state index in [0.717, 1.165) is 29.2 Å². The van der Waals surface area contributed by atoms with Crippen molar-refractivity contribution in [1.29, 1.82) is 0 Å². The maximum absolute atomic E-state index is 13.4. The fourth-order valence-corrected chi connectivity index (χ4v) is 5.45. The zero-order valence-corrected chi connectivity index (χ0v) is 18.5. The van der Waals surface area contributed by atoms with Crippen LogP contribution in [0.1, 0.15) is 25.3 Å². The molecule has 1 saturated heterocycles. The maximum atomic E-state index is 13.4. The van der Waals surface area contributed by atoms with Crippen molar-refractivity contribution in [2.24, 2.45) is 5.92 Å². The summed E-state index contributed by atoms with van der Waals surface area (Å²) in [7, 11) is -3.87. The number of hydrogen-bond acceptors (Lipinski definition) is 3. The number of rotatable bonds is 6. The lowest BCUT2D eigenvalue weighted by molar-refractivity contribution is -0.134. The Labute approximate surface area is 184 Å². The van der Waals surface area contributed by atoms with E-state index in [1.807, 2.05) is 59.5 Å². The molecule has 1 amide bonds. The minimum Gasteiger partial charge on any atom is -0.341 e. The molecule has 0 aromatic heterocycles. The van der Waals surface area contributed by atoms with E-state index < -0.39 is 16.1 Å². The van der Waals surface area contributed by atoms with Crippen LogP contribution in [-0.2, 0) is 21.2 Å². The molecule has 1 fully saturated rings.